The van der Waals surface area contributed by atoms with E-state index < -0.39 is 11.2 Å². The molecule has 0 aromatic heterocycles. The van der Waals surface area contributed by atoms with Gasteiger partial charge < -0.3 is 10.1 Å². The smallest absolute Gasteiger partial charge is 0.338 e. The van der Waals surface area contributed by atoms with Crippen molar-refractivity contribution in [3.8, 4) is 0 Å². The van der Waals surface area contributed by atoms with Crippen molar-refractivity contribution in [2.75, 3.05) is 18.5 Å². The van der Waals surface area contributed by atoms with Gasteiger partial charge in [-0.3, -0.25) is 19.5 Å². The molecule has 4 rings (SSSR count). The number of carbonyl (C=O) groups is 3. The average Bonchev–Trinajstić information content (AvgIpc) is 3.36. The summed E-state index contributed by atoms with van der Waals surface area (Å²) in [5, 5.41) is 4.02. The molecule has 1 N–H and O–H groups in total. The zero-order valence-corrected chi connectivity index (χ0v) is 20.7. The Kier molecular flexibility index (Phi) is 8.10. The third-order valence-electron chi connectivity index (χ3n) is 5.77. The largest absolute Gasteiger partial charge is 0.462 e. The summed E-state index contributed by atoms with van der Waals surface area (Å²) >= 11 is 3.00. The van der Waals surface area contributed by atoms with Crippen molar-refractivity contribution in [2.45, 2.75) is 55.6 Å². The standard InChI is InChI=1S/C24H28N4O4S2/c1-3-13-28-21(30)19(34-24(28)27-23-26-17-7-5-6-8-18(17)33-23)14-20(29)25-16-11-9-15(10-12-16)22(31)32-4-2/h3,9-12,17-19H,1,4-8,13-14H2,2H3,(H,25,29). The minimum atomic E-state index is -0.563. The van der Waals surface area contributed by atoms with Crippen molar-refractivity contribution in [3.05, 3.63) is 42.5 Å². The number of benzene rings is 1. The lowest BCUT2D eigenvalue weighted by Crippen LogP contribution is -2.33. The Balaban J connectivity index is 1.39. The predicted molar refractivity (Wildman–Crippen MR) is 137 cm³/mol. The van der Waals surface area contributed by atoms with Gasteiger partial charge in [0.2, 0.25) is 11.8 Å². The Morgan fingerprint density at radius 2 is 2.03 bits per heavy atom. The summed E-state index contributed by atoms with van der Waals surface area (Å²) in [5.41, 5.74) is 0.958. The zero-order chi connectivity index (χ0) is 24.1. The number of esters is 1. The van der Waals surface area contributed by atoms with Crippen LogP contribution in [0.5, 0.6) is 0 Å². The molecule has 3 atom stereocenters. The molecule has 3 aliphatic rings. The first-order chi connectivity index (χ1) is 16.5. The molecule has 34 heavy (non-hydrogen) atoms. The van der Waals surface area contributed by atoms with Crippen LogP contribution in [-0.2, 0) is 14.3 Å². The van der Waals surface area contributed by atoms with Gasteiger partial charge in [0.1, 0.15) is 5.25 Å². The highest BCUT2D eigenvalue weighted by atomic mass is 32.2. The Morgan fingerprint density at radius 1 is 1.26 bits per heavy atom. The van der Waals surface area contributed by atoms with Gasteiger partial charge in [-0.15, -0.1) is 6.58 Å². The second-order valence-electron chi connectivity index (χ2n) is 8.21. The second-order valence-corrected chi connectivity index (χ2v) is 10.6. The summed E-state index contributed by atoms with van der Waals surface area (Å²) < 4.78 is 4.96. The Hall–Kier alpha value is -2.59. The van der Waals surface area contributed by atoms with Gasteiger partial charge in [0.05, 0.1) is 18.2 Å². The summed E-state index contributed by atoms with van der Waals surface area (Å²) in [6.07, 6.45) is 6.35. The first-order valence-electron chi connectivity index (χ1n) is 11.5. The number of hydrogen-bond donors (Lipinski definition) is 1. The molecule has 2 fully saturated rings. The van der Waals surface area contributed by atoms with Gasteiger partial charge in [-0.25, -0.2) is 4.79 Å². The highest BCUT2D eigenvalue weighted by Gasteiger charge is 2.40. The predicted octanol–water partition coefficient (Wildman–Crippen LogP) is 4.09. The highest BCUT2D eigenvalue weighted by Crippen LogP contribution is 2.38. The molecule has 1 aromatic carbocycles. The zero-order valence-electron chi connectivity index (χ0n) is 19.1. The maximum Gasteiger partial charge on any atom is 0.338 e. The molecule has 1 saturated heterocycles. The van der Waals surface area contributed by atoms with Crippen LogP contribution in [0.2, 0.25) is 0 Å². The van der Waals surface area contributed by atoms with Crippen LogP contribution in [0.4, 0.5) is 5.69 Å². The third-order valence-corrected chi connectivity index (χ3v) is 8.21. The number of hydrogen-bond acceptors (Lipinski definition) is 8. The van der Waals surface area contributed by atoms with E-state index in [1.165, 1.54) is 24.6 Å². The number of thioether (sulfide) groups is 2. The minimum Gasteiger partial charge on any atom is -0.462 e. The molecule has 1 aliphatic carbocycles. The Bertz CT molecular complexity index is 1020. The van der Waals surface area contributed by atoms with Crippen LogP contribution >= 0.6 is 23.5 Å². The fourth-order valence-electron chi connectivity index (χ4n) is 4.11. The van der Waals surface area contributed by atoms with E-state index in [0.717, 1.165) is 18.0 Å². The highest BCUT2D eigenvalue weighted by molar-refractivity contribution is 8.16. The number of amidine groups is 2. The van der Waals surface area contributed by atoms with Crippen LogP contribution in [0.1, 0.15) is 49.4 Å². The SMILES string of the molecule is C=CCN1C(=O)C(CC(=O)Nc2ccc(C(=O)OCC)cc2)SC1=NC1=NC2CCCCC2S1. The van der Waals surface area contributed by atoms with E-state index in [2.05, 4.69) is 11.9 Å². The van der Waals surface area contributed by atoms with Crippen molar-refractivity contribution in [1.29, 1.82) is 0 Å². The topological polar surface area (TPSA) is 100 Å². The van der Waals surface area contributed by atoms with Gasteiger partial charge in [-0.1, -0.05) is 42.4 Å². The molecule has 2 heterocycles. The molecule has 10 heteroatoms. The molecular formula is C24H28N4O4S2. The molecule has 1 aromatic rings. The van der Waals surface area contributed by atoms with E-state index in [1.54, 1.807) is 53.9 Å². The molecule has 180 valence electrons. The lowest BCUT2D eigenvalue weighted by Gasteiger charge is -2.21. The summed E-state index contributed by atoms with van der Waals surface area (Å²) in [7, 11) is 0. The fourth-order valence-corrected chi connectivity index (χ4v) is 6.56. The van der Waals surface area contributed by atoms with Gasteiger partial charge in [-0.2, -0.15) is 4.99 Å². The van der Waals surface area contributed by atoms with Gasteiger partial charge in [0.15, 0.2) is 10.3 Å². The number of carbonyl (C=O) groups excluding carboxylic acids is 3. The van der Waals surface area contributed by atoms with Crippen LogP contribution in [0, 0.1) is 0 Å². The maximum atomic E-state index is 13.0. The summed E-state index contributed by atoms with van der Waals surface area (Å²) in [4.78, 5) is 48.5. The Morgan fingerprint density at radius 3 is 2.74 bits per heavy atom. The number of ether oxygens (including phenoxy) is 1. The van der Waals surface area contributed by atoms with Crippen LogP contribution in [0.15, 0.2) is 46.9 Å². The van der Waals surface area contributed by atoms with Crippen LogP contribution < -0.4 is 5.32 Å². The van der Waals surface area contributed by atoms with E-state index in [-0.39, 0.29) is 18.2 Å². The number of fused-ring (bicyclic) bond motifs is 1. The number of aliphatic imine (C=N–C) groups is 2. The lowest BCUT2D eigenvalue weighted by atomic mass is 9.96. The van der Waals surface area contributed by atoms with E-state index in [4.69, 9.17) is 14.7 Å². The van der Waals surface area contributed by atoms with E-state index in [1.807, 2.05) is 0 Å². The molecule has 2 amide bonds. The minimum absolute atomic E-state index is 0.0145. The molecule has 2 aliphatic heterocycles. The quantitative estimate of drug-likeness (QED) is 0.447. The number of nitrogens with zero attached hydrogens (tertiary/aromatic N) is 3. The molecule has 0 spiro atoms. The van der Waals surface area contributed by atoms with Crippen molar-refractivity contribution >= 4 is 57.3 Å². The number of nitrogens with one attached hydrogen (secondary N) is 1. The van der Waals surface area contributed by atoms with Crippen molar-refractivity contribution in [1.82, 2.24) is 4.90 Å². The van der Waals surface area contributed by atoms with E-state index in [9.17, 15) is 14.4 Å². The molecule has 1 saturated carbocycles. The monoisotopic (exact) mass is 500 g/mol. The van der Waals surface area contributed by atoms with Gasteiger partial charge in [-0.05, 0) is 44.0 Å². The first kappa shape index (κ1) is 24.5. The average molecular weight is 501 g/mol. The number of anilines is 1. The van der Waals surface area contributed by atoms with E-state index in [0.29, 0.717) is 40.9 Å². The second kappa shape index (κ2) is 11.2. The van der Waals surface area contributed by atoms with Gasteiger partial charge in [0.25, 0.3) is 0 Å². The third kappa shape index (κ3) is 5.72. The molecular weight excluding hydrogens is 472 g/mol. The number of rotatable bonds is 7. The summed E-state index contributed by atoms with van der Waals surface area (Å²) in [6.45, 7) is 6.13. The van der Waals surface area contributed by atoms with E-state index >= 15 is 0 Å². The first-order valence-corrected chi connectivity index (χ1v) is 13.2. The molecule has 3 unspecified atom stereocenters. The van der Waals surface area contributed by atoms with Crippen molar-refractivity contribution in [3.63, 3.8) is 0 Å². The van der Waals surface area contributed by atoms with Crippen LogP contribution in [-0.4, -0.2) is 62.7 Å². The lowest BCUT2D eigenvalue weighted by molar-refractivity contribution is -0.127. The number of amides is 2. The van der Waals surface area contributed by atoms with Crippen LogP contribution in [0.3, 0.4) is 0 Å². The van der Waals surface area contributed by atoms with Crippen LogP contribution in [0.25, 0.3) is 0 Å². The maximum absolute atomic E-state index is 13.0. The summed E-state index contributed by atoms with van der Waals surface area (Å²) in [5.74, 6) is -0.850. The van der Waals surface area contributed by atoms with Gasteiger partial charge in [0, 0.05) is 23.9 Å². The molecule has 0 radical (unpaired) electrons. The van der Waals surface area contributed by atoms with Crippen molar-refractivity contribution in [2.24, 2.45) is 9.98 Å². The molecule has 8 nitrogen and oxygen atoms in total. The normalized spacial score (nSPS) is 25.1. The van der Waals surface area contributed by atoms with Crippen molar-refractivity contribution < 1.29 is 19.1 Å². The summed E-state index contributed by atoms with van der Waals surface area (Å²) in [6, 6.07) is 6.79. The van der Waals surface area contributed by atoms with Gasteiger partial charge >= 0.3 is 5.97 Å². The fraction of sp³-hybridized carbons (Fsp3) is 0.458. The Labute approximate surface area is 207 Å². The molecule has 0 bridgehead atoms.